The molecule has 1 amide bonds. The number of carbonyl (C=O) groups excluding carboxylic acids is 2. The number of amides is 1. The van der Waals surface area contributed by atoms with Crippen LogP contribution in [0.3, 0.4) is 0 Å². The van der Waals surface area contributed by atoms with Crippen molar-refractivity contribution in [3.8, 4) is 5.75 Å². The van der Waals surface area contributed by atoms with Crippen LogP contribution < -0.4 is 10.1 Å². The third-order valence-corrected chi connectivity index (χ3v) is 6.65. The number of ketones is 1. The Morgan fingerprint density at radius 3 is 2.42 bits per heavy atom. The molecule has 0 aromatic heterocycles. The molecule has 6 heteroatoms. The van der Waals surface area contributed by atoms with E-state index in [0.29, 0.717) is 11.1 Å². The summed E-state index contributed by atoms with van der Waals surface area (Å²) >= 11 is 1.87. The van der Waals surface area contributed by atoms with Crippen molar-refractivity contribution < 1.29 is 14.3 Å². The smallest absolute Gasteiger partial charge is 0.253 e. The van der Waals surface area contributed by atoms with Gasteiger partial charge in [0.05, 0.1) is 7.11 Å². The fraction of sp³-hybridized carbons (Fsp3) is 0.360. The molecule has 2 aliphatic rings. The number of carbonyl (C=O) groups is 2. The van der Waals surface area contributed by atoms with Crippen molar-refractivity contribution in [2.45, 2.75) is 25.8 Å². The normalized spacial score (nSPS) is 18.8. The molecule has 1 fully saturated rings. The van der Waals surface area contributed by atoms with Crippen LogP contribution in [0, 0.1) is 0 Å². The van der Waals surface area contributed by atoms with E-state index in [1.54, 1.807) is 37.5 Å². The number of rotatable bonds is 4. The van der Waals surface area contributed by atoms with Crippen molar-refractivity contribution in [1.82, 2.24) is 10.2 Å². The summed E-state index contributed by atoms with van der Waals surface area (Å²) in [5.74, 6) is 2.66. The zero-order valence-corrected chi connectivity index (χ0v) is 19.1. The summed E-state index contributed by atoms with van der Waals surface area (Å²) in [7, 11) is 1.64. The minimum Gasteiger partial charge on any atom is -0.497 e. The molecule has 2 aliphatic heterocycles. The molecule has 4 rings (SSSR count). The number of nitrogens with zero attached hydrogens (tertiary/aromatic N) is 1. The zero-order chi connectivity index (χ0) is 22.0. The number of fused-ring (bicyclic) bond motifs is 1. The van der Waals surface area contributed by atoms with Crippen molar-refractivity contribution in [2.24, 2.45) is 0 Å². The molecule has 0 spiro atoms. The molecule has 0 aliphatic carbocycles. The molecule has 2 aromatic carbocycles. The van der Waals surface area contributed by atoms with Gasteiger partial charge >= 0.3 is 0 Å². The molecule has 5 nitrogen and oxygen atoms in total. The maximum absolute atomic E-state index is 13.0. The van der Waals surface area contributed by atoms with Crippen LogP contribution in [-0.4, -0.2) is 53.8 Å². The first kappa shape index (κ1) is 21.5. The van der Waals surface area contributed by atoms with Gasteiger partial charge in [0.2, 0.25) is 0 Å². The lowest BCUT2D eigenvalue weighted by Gasteiger charge is -2.35. The molecule has 2 heterocycles. The number of ether oxygens (including phenoxy) is 1. The molecule has 0 atom stereocenters. The first-order valence-corrected chi connectivity index (χ1v) is 11.7. The van der Waals surface area contributed by atoms with E-state index < -0.39 is 0 Å². The zero-order valence-electron chi connectivity index (χ0n) is 18.2. The van der Waals surface area contributed by atoms with Gasteiger partial charge in [0.1, 0.15) is 5.75 Å². The van der Waals surface area contributed by atoms with E-state index in [2.05, 4.69) is 25.2 Å². The van der Waals surface area contributed by atoms with Gasteiger partial charge in [-0.2, -0.15) is 11.8 Å². The Bertz CT molecular complexity index is 1020. The van der Waals surface area contributed by atoms with Gasteiger partial charge in [-0.1, -0.05) is 18.2 Å². The minimum atomic E-state index is -0.156. The van der Waals surface area contributed by atoms with Crippen LogP contribution in [0.25, 0.3) is 5.70 Å². The third kappa shape index (κ3) is 4.79. The average molecular weight is 437 g/mol. The Morgan fingerprint density at radius 1 is 1.06 bits per heavy atom. The number of hydrogen-bond acceptors (Lipinski definition) is 5. The second kappa shape index (κ2) is 8.79. The first-order chi connectivity index (χ1) is 14.9. The summed E-state index contributed by atoms with van der Waals surface area (Å²) in [5, 5.41) is 3.50. The van der Waals surface area contributed by atoms with E-state index >= 15 is 0 Å². The van der Waals surface area contributed by atoms with Crippen LogP contribution in [0.5, 0.6) is 5.75 Å². The number of nitrogens with one attached hydrogen (secondary N) is 1. The van der Waals surface area contributed by atoms with Crippen LogP contribution in [-0.2, 0) is 6.42 Å². The Morgan fingerprint density at radius 2 is 1.74 bits per heavy atom. The summed E-state index contributed by atoms with van der Waals surface area (Å²) in [5.41, 5.74) is 4.00. The lowest BCUT2D eigenvalue weighted by atomic mass is 9.85. The highest BCUT2D eigenvalue weighted by Gasteiger charge is 2.28. The van der Waals surface area contributed by atoms with Crippen LogP contribution >= 0.6 is 11.8 Å². The molecule has 0 saturated carbocycles. The Balaban J connectivity index is 1.58. The summed E-state index contributed by atoms with van der Waals surface area (Å²) in [4.78, 5) is 27.6. The molecule has 1 N–H and O–H groups in total. The quantitative estimate of drug-likeness (QED) is 0.579. The molecular weight excluding hydrogens is 408 g/mol. The van der Waals surface area contributed by atoms with Crippen LogP contribution in [0.2, 0.25) is 0 Å². The molecule has 31 heavy (non-hydrogen) atoms. The SMILES string of the molecule is COc1ccc2c(c1)/C(=C/C(=O)c1ccc(C(=O)N3CCSCC3)cc1)NC(C)(C)C2. The van der Waals surface area contributed by atoms with E-state index in [1.807, 2.05) is 28.8 Å². The van der Waals surface area contributed by atoms with Crippen molar-refractivity contribution >= 4 is 29.1 Å². The maximum atomic E-state index is 13.0. The lowest BCUT2D eigenvalue weighted by molar-refractivity contribution is 0.0772. The van der Waals surface area contributed by atoms with Crippen LogP contribution in [0.4, 0.5) is 0 Å². The third-order valence-electron chi connectivity index (χ3n) is 5.70. The average Bonchev–Trinajstić information content (AvgIpc) is 2.78. The number of thioether (sulfide) groups is 1. The fourth-order valence-corrected chi connectivity index (χ4v) is 5.00. The van der Waals surface area contributed by atoms with Gasteiger partial charge in [0.25, 0.3) is 5.91 Å². The topological polar surface area (TPSA) is 58.6 Å². The van der Waals surface area contributed by atoms with Crippen LogP contribution in [0.1, 0.15) is 45.7 Å². The second-order valence-electron chi connectivity index (χ2n) is 8.61. The van der Waals surface area contributed by atoms with Crippen molar-refractivity contribution in [3.05, 3.63) is 70.8 Å². The van der Waals surface area contributed by atoms with E-state index in [4.69, 9.17) is 4.74 Å². The van der Waals surface area contributed by atoms with Crippen molar-refractivity contribution in [1.29, 1.82) is 0 Å². The number of benzene rings is 2. The molecule has 2 aromatic rings. The van der Waals surface area contributed by atoms with Gasteiger partial charge in [-0.25, -0.2) is 0 Å². The van der Waals surface area contributed by atoms with Gasteiger partial charge in [-0.3, -0.25) is 9.59 Å². The molecular formula is C25H28N2O3S. The lowest BCUT2D eigenvalue weighted by Crippen LogP contribution is -2.43. The van der Waals surface area contributed by atoms with Gasteiger partial charge in [-0.15, -0.1) is 0 Å². The van der Waals surface area contributed by atoms with Crippen molar-refractivity contribution in [3.63, 3.8) is 0 Å². The monoisotopic (exact) mass is 436 g/mol. The number of allylic oxidation sites excluding steroid dienone is 1. The molecule has 0 radical (unpaired) electrons. The minimum absolute atomic E-state index is 0.0365. The van der Waals surface area contributed by atoms with Gasteiger partial charge in [0.15, 0.2) is 5.78 Å². The number of hydrogen-bond donors (Lipinski definition) is 1. The Kier molecular flexibility index (Phi) is 6.10. The standard InChI is InChI=1S/C25H28N2O3S/c1-25(2)16-19-8-9-20(30-3)14-21(19)22(26-25)15-23(28)17-4-6-18(7-5-17)24(29)27-10-12-31-13-11-27/h4-9,14-15,26H,10-13,16H2,1-3H3/b22-15-. The highest BCUT2D eigenvalue weighted by Crippen LogP contribution is 2.32. The summed E-state index contributed by atoms with van der Waals surface area (Å²) in [6, 6.07) is 13.0. The number of methoxy groups -OCH3 is 1. The van der Waals surface area contributed by atoms with Crippen molar-refractivity contribution in [2.75, 3.05) is 31.7 Å². The van der Waals surface area contributed by atoms with Gasteiger partial charge < -0.3 is 15.0 Å². The predicted molar refractivity (Wildman–Crippen MR) is 126 cm³/mol. The fourth-order valence-electron chi connectivity index (χ4n) is 4.09. The summed E-state index contributed by atoms with van der Waals surface area (Å²) in [6.07, 6.45) is 2.52. The highest BCUT2D eigenvalue weighted by molar-refractivity contribution is 7.99. The predicted octanol–water partition coefficient (Wildman–Crippen LogP) is 4.03. The molecule has 1 saturated heterocycles. The Labute approximate surface area is 187 Å². The summed E-state index contributed by atoms with van der Waals surface area (Å²) < 4.78 is 5.38. The van der Waals surface area contributed by atoms with Gasteiger partial charge in [0, 0.05) is 58.6 Å². The van der Waals surface area contributed by atoms with E-state index in [0.717, 1.165) is 48.0 Å². The first-order valence-electron chi connectivity index (χ1n) is 10.5. The maximum Gasteiger partial charge on any atom is 0.253 e. The van der Waals surface area contributed by atoms with Gasteiger partial charge in [-0.05, 0) is 50.1 Å². The van der Waals surface area contributed by atoms with E-state index in [1.165, 1.54) is 5.56 Å². The Hall–Kier alpha value is -2.73. The van der Waals surface area contributed by atoms with E-state index in [-0.39, 0.29) is 17.2 Å². The van der Waals surface area contributed by atoms with Crippen LogP contribution in [0.15, 0.2) is 48.5 Å². The molecule has 0 bridgehead atoms. The van der Waals surface area contributed by atoms with E-state index in [9.17, 15) is 9.59 Å². The molecule has 162 valence electrons. The highest BCUT2D eigenvalue weighted by atomic mass is 32.2. The second-order valence-corrected chi connectivity index (χ2v) is 9.84. The summed E-state index contributed by atoms with van der Waals surface area (Å²) in [6.45, 7) is 5.80. The largest absolute Gasteiger partial charge is 0.497 e. The molecule has 0 unspecified atom stereocenters.